The Labute approximate surface area is 117 Å². The van der Waals surface area contributed by atoms with E-state index >= 15 is 0 Å². The van der Waals surface area contributed by atoms with Crippen LogP contribution in [-0.2, 0) is 14.8 Å². The van der Waals surface area contributed by atoms with Crippen LogP contribution in [-0.4, -0.2) is 26.0 Å². The van der Waals surface area contributed by atoms with Crippen LogP contribution in [0.3, 0.4) is 0 Å². The van der Waals surface area contributed by atoms with Crippen molar-refractivity contribution in [2.75, 3.05) is 6.54 Å². The zero-order valence-corrected chi connectivity index (χ0v) is 12.2. The van der Waals surface area contributed by atoms with Crippen molar-refractivity contribution in [1.29, 1.82) is 0 Å². The van der Waals surface area contributed by atoms with Gasteiger partial charge < -0.3 is 5.11 Å². The lowest BCUT2D eigenvalue weighted by molar-refractivity contribution is -0.141. The minimum Gasteiger partial charge on any atom is -0.481 e. The summed E-state index contributed by atoms with van der Waals surface area (Å²) < 4.78 is 39.4. The maximum Gasteiger partial charge on any atom is 0.307 e. The zero-order valence-electron chi connectivity index (χ0n) is 11.4. The molecule has 1 aromatic carbocycles. The molecule has 112 valence electrons. The average molecular weight is 303 g/mol. The summed E-state index contributed by atoms with van der Waals surface area (Å²) in [6.45, 7) is 3.13. The Morgan fingerprint density at radius 1 is 1.45 bits per heavy atom. The predicted octanol–water partition coefficient (Wildman–Crippen LogP) is 1.91. The van der Waals surface area contributed by atoms with Crippen LogP contribution in [0.15, 0.2) is 23.1 Å². The first-order valence-corrected chi connectivity index (χ1v) is 7.75. The van der Waals surface area contributed by atoms with Gasteiger partial charge >= 0.3 is 5.97 Å². The van der Waals surface area contributed by atoms with Crippen LogP contribution in [0.25, 0.3) is 0 Å². The van der Waals surface area contributed by atoms with Gasteiger partial charge in [0.1, 0.15) is 5.82 Å². The Hall–Kier alpha value is -1.47. The molecule has 0 fully saturated rings. The second-order valence-electron chi connectivity index (χ2n) is 4.59. The molecular formula is C13H18FNO4S. The first kappa shape index (κ1) is 16.6. The summed E-state index contributed by atoms with van der Waals surface area (Å²) in [5, 5.41) is 8.98. The van der Waals surface area contributed by atoms with E-state index in [1.54, 1.807) is 0 Å². The van der Waals surface area contributed by atoms with Crippen molar-refractivity contribution in [3.05, 3.63) is 29.6 Å². The van der Waals surface area contributed by atoms with E-state index in [0.29, 0.717) is 12.8 Å². The number of carbonyl (C=O) groups is 1. The number of carboxylic acids is 1. The molecule has 20 heavy (non-hydrogen) atoms. The molecule has 1 atom stereocenters. The third-order valence-electron chi connectivity index (χ3n) is 2.93. The van der Waals surface area contributed by atoms with Crippen molar-refractivity contribution in [1.82, 2.24) is 4.72 Å². The smallest absolute Gasteiger partial charge is 0.307 e. The Bertz CT molecular complexity index is 586. The highest BCUT2D eigenvalue weighted by Crippen LogP contribution is 2.16. The van der Waals surface area contributed by atoms with Gasteiger partial charge in [-0.05, 0) is 37.1 Å². The molecule has 0 aromatic heterocycles. The number of nitrogens with one attached hydrogen (secondary N) is 1. The predicted molar refractivity (Wildman–Crippen MR) is 72.4 cm³/mol. The molecule has 0 radical (unpaired) electrons. The molecule has 1 aromatic rings. The third-order valence-corrected chi connectivity index (χ3v) is 4.52. The quantitative estimate of drug-likeness (QED) is 0.806. The zero-order chi connectivity index (χ0) is 15.3. The van der Waals surface area contributed by atoms with E-state index in [-0.39, 0.29) is 17.0 Å². The normalized spacial score (nSPS) is 13.2. The molecule has 0 aliphatic heterocycles. The fraction of sp³-hybridized carbons (Fsp3) is 0.462. The maximum absolute atomic E-state index is 13.0. The lowest BCUT2D eigenvalue weighted by Crippen LogP contribution is -2.33. The van der Waals surface area contributed by atoms with Gasteiger partial charge in [0.2, 0.25) is 10.0 Å². The lowest BCUT2D eigenvalue weighted by Gasteiger charge is -2.13. The van der Waals surface area contributed by atoms with Crippen LogP contribution in [0.1, 0.15) is 25.3 Å². The van der Waals surface area contributed by atoms with Gasteiger partial charge in [-0.15, -0.1) is 0 Å². The number of sulfonamides is 1. The standard InChI is InChI=1S/C13H18FNO4S/c1-3-4-10(13(16)17)8-15-20(18,19)12-6-5-11(14)7-9(12)2/h5-7,10,15H,3-4,8H2,1-2H3,(H,16,17). The highest BCUT2D eigenvalue weighted by atomic mass is 32.2. The summed E-state index contributed by atoms with van der Waals surface area (Å²) in [4.78, 5) is 10.9. The van der Waals surface area contributed by atoms with E-state index in [1.807, 2.05) is 6.92 Å². The second-order valence-corrected chi connectivity index (χ2v) is 6.32. The SMILES string of the molecule is CCCC(CNS(=O)(=O)c1ccc(F)cc1C)C(=O)O. The molecule has 0 bridgehead atoms. The lowest BCUT2D eigenvalue weighted by atomic mass is 10.1. The molecule has 1 unspecified atom stereocenters. The van der Waals surface area contributed by atoms with Crippen molar-refractivity contribution in [3.63, 3.8) is 0 Å². The molecule has 5 nitrogen and oxygen atoms in total. The highest BCUT2D eigenvalue weighted by Gasteiger charge is 2.22. The van der Waals surface area contributed by atoms with Crippen molar-refractivity contribution in [3.8, 4) is 0 Å². The summed E-state index contributed by atoms with van der Waals surface area (Å²) in [7, 11) is -3.83. The summed E-state index contributed by atoms with van der Waals surface area (Å²) in [6.07, 6.45) is 1.04. The molecule has 0 amide bonds. The van der Waals surface area contributed by atoms with E-state index in [9.17, 15) is 17.6 Å². The third kappa shape index (κ3) is 4.28. The molecule has 2 N–H and O–H groups in total. The van der Waals surface area contributed by atoms with Crippen LogP contribution in [0.5, 0.6) is 0 Å². The number of benzene rings is 1. The highest BCUT2D eigenvalue weighted by molar-refractivity contribution is 7.89. The molecule has 0 spiro atoms. The summed E-state index contributed by atoms with van der Waals surface area (Å²) in [5.74, 6) is -2.32. The van der Waals surface area contributed by atoms with Crippen molar-refractivity contribution in [2.45, 2.75) is 31.6 Å². The molecular weight excluding hydrogens is 285 g/mol. The Morgan fingerprint density at radius 2 is 2.10 bits per heavy atom. The van der Waals surface area contributed by atoms with Gasteiger partial charge in [-0.25, -0.2) is 17.5 Å². The fourth-order valence-electron chi connectivity index (χ4n) is 1.86. The number of rotatable bonds is 7. The Kier molecular flexibility index (Phi) is 5.64. The molecule has 0 aliphatic rings. The summed E-state index contributed by atoms with van der Waals surface area (Å²) >= 11 is 0. The van der Waals surface area contributed by atoms with Crippen molar-refractivity contribution < 1.29 is 22.7 Å². The largest absolute Gasteiger partial charge is 0.481 e. The summed E-state index contributed by atoms with van der Waals surface area (Å²) in [5.41, 5.74) is 0.278. The van der Waals surface area contributed by atoms with Gasteiger partial charge in [-0.1, -0.05) is 13.3 Å². The number of aryl methyl sites for hydroxylation is 1. The second kappa shape index (κ2) is 6.81. The fourth-order valence-corrected chi connectivity index (χ4v) is 3.17. The van der Waals surface area contributed by atoms with Gasteiger partial charge in [-0.2, -0.15) is 0 Å². The molecule has 0 aliphatic carbocycles. The molecule has 0 heterocycles. The van der Waals surface area contributed by atoms with Crippen molar-refractivity contribution >= 4 is 16.0 Å². The van der Waals surface area contributed by atoms with E-state index < -0.39 is 27.7 Å². The van der Waals surface area contributed by atoms with Crippen molar-refractivity contribution in [2.24, 2.45) is 5.92 Å². The van der Waals surface area contributed by atoms with Crippen LogP contribution in [0.4, 0.5) is 4.39 Å². The van der Waals surface area contributed by atoms with Gasteiger partial charge in [0.15, 0.2) is 0 Å². The monoisotopic (exact) mass is 303 g/mol. The maximum atomic E-state index is 13.0. The average Bonchev–Trinajstić information content (AvgIpc) is 2.33. The number of halogens is 1. The molecule has 0 saturated carbocycles. The van der Waals surface area contributed by atoms with Crippen LogP contribution in [0.2, 0.25) is 0 Å². The van der Waals surface area contributed by atoms with E-state index in [1.165, 1.54) is 13.0 Å². The summed E-state index contributed by atoms with van der Waals surface area (Å²) in [6, 6.07) is 3.35. The molecule has 7 heteroatoms. The van der Waals surface area contributed by atoms with E-state index in [4.69, 9.17) is 5.11 Å². The minimum absolute atomic E-state index is 0.0421. The van der Waals surface area contributed by atoms with Gasteiger partial charge in [0.05, 0.1) is 10.8 Å². The first-order chi connectivity index (χ1) is 9.27. The first-order valence-electron chi connectivity index (χ1n) is 6.26. The van der Waals surface area contributed by atoms with Gasteiger partial charge in [0, 0.05) is 6.54 Å². The number of hydrogen-bond acceptors (Lipinski definition) is 3. The van der Waals surface area contributed by atoms with E-state index in [2.05, 4.69) is 4.72 Å². The molecule has 1 rings (SSSR count). The van der Waals surface area contributed by atoms with Gasteiger partial charge in [0.25, 0.3) is 0 Å². The topological polar surface area (TPSA) is 83.5 Å². The molecule has 0 saturated heterocycles. The number of carboxylic acid groups (broad SMARTS) is 1. The van der Waals surface area contributed by atoms with Crippen LogP contribution in [0, 0.1) is 18.7 Å². The van der Waals surface area contributed by atoms with Crippen LogP contribution >= 0.6 is 0 Å². The van der Waals surface area contributed by atoms with Gasteiger partial charge in [-0.3, -0.25) is 4.79 Å². The number of hydrogen-bond donors (Lipinski definition) is 2. The Balaban J connectivity index is 2.87. The van der Waals surface area contributed by atoms with Crippen LogP contribution < -0.4 is 4.72 Å². The van der Waals surface area contributed by atoms with E-state index in [0.717, 1.165) is 12.1 Å². The minimum atomic E-state index is -3.83. The number of aliphatic carboxylic acids is 1. The Morgan fingerprint density at radius 3 is 2.60 bits per heavy atom.